The molecule has 24 heavy (non-hydrogen) atoms. The molecular weight excluding hydrogens is 324 g/mol. The molecule has 1 aliphatic rings. The molecule has 1 atom stereocenters. The second kappa shape index (κ2) is 8.90. The predicted octanol–water partition coefficient (Wildman–Crippen LogP) is 3.10. The molecule has 0 aromatic heterocycles. The van der Waals surface area contributed by atoms with Crippen molar-refractivity contribution in [3.63, 3.8) is 0 Å². The predicted molar refractivity (Wildman–Crippen MR) is 99.9 cm³/mol. The lowest BCUT2D eigenvalue weighted by Crippen LogP contribution is -2.44. The Balaban J connectivity index is 0.00000208. The quantitative estimate of drug-likeness (QED) is 0.902. The summed E-state index contributed by atoms with van der Waals surface area (Å²) < 4.78 is 5.72. The highest BCUT2D eigenvalue weighted by Crippen LogP contribution is 2.21. The highest BCUT2D eigenvalue weighted by Gasteiger charge is 2.23. The van der Waals surface area contributed by atoms with Gasteiger partial charge in [-0.2, -0.15) is 0 Å². The summed E-state index contributed by atoms with van der Waals surface area (Å²) >= 11 is 0. The number of carbonyl (C=O) groups excluding carboxylic acids is 1. The maximum atomic E-state index is 12.4. The van der Waals surface area contributed by atoms with Gasteiger partial charge in [-0.05, 0) is 55.3 Å². The van der Waals surface area contributed by atoms with Crippen LogP contribution in [0.1, 0.15) is 12.8 Å². The van der Waals surface area contributed by atoms with Crippen molar-refractivity contribution < 1.29 is 9.53 Å². The molecule has 0 aliphatic carbocycles. The Hall–Kier alpha value is -1.78. The van der Waals surface area contributed by atoms with Gasteiger partial charge in [-0.3, -0.25) is 4.79 Å². The number of piperidine rings is 1. The molecular formula is C19H25ClN2O2. The summed E-state index contributed by atoms with van der Waals surface area (Å²) in [5.74, 6) is 1.39. The highest BCUT2D eigenvalue weighted by molar-refractivity contribution is 5.85. The number of rotatable bonds is 5. The molecule has 4 nitrogen and oxygen atoms in total. The van der Waals surface area contributed by atoms with Gasteiger partial charge in [0.1, 0.15) is 5.75 Å². The summed E-state index contributed by atoms with van der Waals surface area (Å²) in [5.41, 5.74) is 0. The first-order chi connectivity index (χ1) is 11.3. The van der Waals surface area contributed by atoms with Gasteiger partial charge in [-0.1, -0.05) is 30.3 Å². The lowest BCUT2D eigenvalue weighted by atomic mass is 9.98. The Kier molecular flexibility index (Phi) is 6.88. The smallest absolute Gasteiger partial charge is 0.260 e. The average Bonchev–Trinajstić information content (AvgIpc) is 2.60. The van der Waals surface area contributed by atoms with Crippen LogP contribution in [0, 0.1) is 5.92 Å². The molecule has 1 aliphatic heterocycles. The molecule has 1 saturated heterocycles. The maximum Gasteiger partial charge on any atom is 0.260 e. The number of ether oxygens (including phenoxy) is 1. The first-order valence-corrected chi connectivity index (χ1v) is 8.30. The van der Waals surface area contributed by atoms with Crippen LogP contribution in [0.2, 0.25) is 0 Å². The molecule has 1 N–H and O–H groups in total. The number of nitrogens with zero attached hydrogens (tertiary/aromatic N) is 1. The fraction of sp³-hybridized carbons (Fsp3) is 0.421. The zero-order chi connectivity index (χ0) is 16.1. The van der Waals surface area contributed by atoms with E-state index < -0.39 is 0 Å². The van der Waals surface area contributed by atoms with E-state index in [1.807, 2.05) is 42.3 Å². The number of nitrogens with one attached hydrogen (secondary N) is 1. The molecule has 1 fully saturated rings. The summed E-state index contributed by atoms with van der Waals surface area (Å²) in [4.78, 5) is 14.3. The molecule has 2 aromatic rings. The fourth-order valence-electron chi connectivity index (χ4n) is 3.24. The van der Waals surface area contributed by atoms with E-state index in [4.69, 9.17) is 4.74 Å². The van der Waals surface area contributed by atoms with Crippen LogP contribution >= 0.6 is 12.4 Å². The first kappa shape index (κ1) is 18.6. The molecule has 0 spiro atoms. The number of carbonyl (C=O) groups is 1. The molecule has 3 rings (SSSR count). The van der Waals surface area contributed by atoms with Crippen LogP contribution in [-0.2, 0) is 4.79 Å². The van der Waals surface area contributed by atoms with Gasteiger partial charge < -0.3 is 15.0 Å². The van der Waals surface area contributed by atoms with Crippen molar-refractivity contribution in [3.05, 3.63) is 42.5 Å². The first-order valence-electron chi connectivity index (χ1n) is 8.30. The van der Waals surface area contributed by atoms with E-state index in [0.29, 0.717) is 5.92 Å². The van der Waals surface area contributed by atoms with Crippen molar-refractivity contribution in [1.29, 1.82) is 0 Å². The van der Waals surface area contributed by atoms with Crippen LogP contribution in [-0.4, -0.2) is 44.1 Å². The highest BCUT2D eigenvalue weighted by atomic mass is 35.5. The summed E-state index contributed by atoms with van der Waals surface area (Å²) in [6.07, 6.45) is 2.27. The molecule has 0 saturated carbocycles. The molecule has 2 aromatic carbocycles. The van der Waals surface area contributed by atoms with Gasteiger partial charge in [0.25, 0.3) is 5.91 Å². The van der Waals surface area contributed by atoms with Crippen molar-refractivity contribution in [2.75, 3.05) is 33.3 Å². The standard InChI is InChI=1S/C19H24N2O2.ClH/c1-20-12-15-5-4-10-21(13-15)19(22)14-23-18-9-8-16-6-2-3-7-17(16)11-18;/h2-3,6-9,11,15,20H,4-5,10,12-14H2,1H3;1H. The van der Waals surface area contributed by atoms with Crippen molar-refractivity contribution in [1.82, 2.24) is 10.2 Å². The second-order valence-electron chi connectivity index (χ2n) is 6.20. The third-order valence-electron chi connectivity index (χ3n) is 4.45. The zero-order valence-electron chi connectivity index (χ0n) is 14.0. The van der Waals surface area contributed by atoms with Crippen LogP contribution in [0.25, 0.3) is 10.8 Å². The number of benzene rings is 2. The number of hydrogen-bond donors (Lipinski definition) is 1. The third kappa shape index (κ3) is 4.62. The van der Waals surface area contributed by atoms with Crippen LogP contribution in [0.15, 0.2) is 42.5 Å². The summed E-state index contributed by atoms with van der Waals surface area (Å²) in [6, 6.07) is 14.1. The lowest BCUT2D eigenvalue weighted by Gasteiger charge is -2.32. The summed E-state index contributed by atoms with van der Waals surface area (Å²) in [6.45, 7) is 2.76. The Bertz CT molecular complexity index is 675. The summed E-state index contributed by atoms with van der Waals surface area (Å²) in [7, 11) is 1.96. The van der Waals surface area contributed by atoms with Crippen molar-refractivity contribution >= 4 is 29.1 Å². The molecule has 0 radical (unpaired) electrons. The number of amides is 1. The van der Waals surface area contributed by atoms with Gasteiger partial charge in [0.05, 0.1) is 0 Å². The number of fused-ring (bicyclic) bond motifs is 1. The van der Waals surface area contributed by atoms with Crippen LogP contribution in [0.4, 0.5) is 0 Å². The van der Waals surface area contributed by atoms with E-state index in [9.17, 15) is 4.79 Å². The van der Waals surface area contributed by atoms with E-state index in [1.54, 1.807) is 0 Å². The van der Waals surface area contributed by atoms with Gasteiger partial charge in [-0.15, -0.1) is 12.4 Å². The average molecular weight is 349 g/mol. The Labute approximate surface area is 149 Å². The minimum absolute atomic E-state index is 0. The topological polar surface area (TPSA) is 41.6 Å². The third-order valence-corrected chi connectivity index (χ3v) is 4.45. The largest absolute Gasteiger partial charge is 0.484 e. The van der Waals surface area contributed by atoms with E-state index in [0.717, 1.165) is 37.2 Å². The van der Waals surface area contributed by atoms with Crippen molar-refractivity contribution in [2.24, 2.45) is 5.92 Å². The minimum Gasteiger partial charge on any atom is -0.484 e. The van der Waals surface area contributed by atoms with Gasteiger partial charge in [0.15, 0.2) is 6.61 Å². The van der Waals surface area contributed by atoms with Crippen LogP contribution in [0.5, 0.6) is 5.75 Å². The maximum absolute atomic E-state index is 12.4. The van der Waals surface area contributed by atoms with Crippen molar-refractivity contribution in [2.45, 2.75) is 12.8 Å². The molecule has 5 heteroatoms. The SMILES string of the molecule is CNCC1CCCN(C(=O)COc2ccc3ccccc3c2)C1.Cl. The molecule has 0 bridgehead atoms. The zero-order valence-corrected chi connectivity index (χ0v) is 14.8. The Morgan fingerprint density at radius 1 is 1.25 bits per heavy atom. The van der Waals surface area contributed by atoms with Gasteiger partial charge in [0, 0.05) is 13.1 Å². The molecule has 130 valence electrons. The van der Waals surface area contributed by atoms with Gasteiger partial charge in [-0.25, -0.2) is 0 Å². The Morgan fingerprint density at radius 2 is 2.04 bits per heavy atom. The molecule has 1 amide bonds. The Morgan fingerprint density at radius 3 is 2.83 bits per heavy atom. The van der Waals surface area contributed by atoms with E-state index in [-0.39, 0.29) is 24.9 Å². The molecule has 1 unspecified atom stereocenters. The number of likely N-dealkylation sites (tertiary alicyclic amines) is 1. The number of hydrogen-bond acceptors (Lipinski definition) is 3. The van der Waals surface area contributed by atoms with E-state index in [2.05, 4.69) is 17.4 Å². The summed E-state index contributed by atoms with van der Waals surface area (Å²) in [5, 5.41) is 5.51. The lowest BCUT2D eigenvalue weighted by molar-refractivity contribution is -0.135. The number of halogens is 1. The fourth-order valence-corrected chi connectivity index (χ4v) is 3.24. The van der Waals surface area contributed by atoms with Crippen molar-refractivity contribution in [3.8, 4) is 5.75 Å². The van der Waals surface area contributed by atoms with Gasteiger partial charge >= 0.3 is 0 Å². The van der Waals surface area contributed by atoms with E-state index in [1.165, 1.54) is 11.8 Å². The monoisotopic (exact) mass is 348 g/mol. The normalized spacial score (nSPS) is 17.4. The van der Waals surface area contributed by atoms with Gasteiger partial charge in [0.2, 0.25) is 0 Å². The molecule has 1 heterocycles. The van der Waals surface area contributed by atoms with Crippen LogP contribution in [0.3, 0.4) is 0 Å². The minimum atomic E-state index is 0. The van der Waals surface area contributed by atoms with E-state index >= 15 is 0 Å². The van der Waals surface area contributed by atoms with Crippen LogP contribution < -0.4 is 10.1 Å². The second-order valence-corrected chi connectivity index (χ2v) is 6.20.